The molecule has 2 atom stereocenters. The van der Waals surface area contributed by atoms with Gasteiger partial charge in [0.15, 0.2) is 0 Å². The van der Waals surface area contributed by atoms with Gasteiger partial charge in [-0.25, -0.2) is 0 Å². The van der Waals surface area contributed by atoms with Crippen molar-refractivity contribution in [1.82, 2.24) is 10.6 Å². The molecule has 0 aromatic heterocycles. The number of hydrogen-bond donors (Lipinski definition) is 3. The normalized spacial score (nSPS) is 14.1. The Kier molecular flexibility index (Phi) is 8.35. The molecule has 0 aliphatic rings. The standard InChI is InChI=1S/C11H22N2O4/c1-8(4-5-10(14)15)13-9(2)11(16)12-6-7-17-3/h8-9,13H,4-7H2,1-3H3,(H,12,16)(H,14,15). The summed E-state index contributed by atoms with van der Waals surface area (Å²) in [5, 5.41) is 14.3. The molecule has 6 nitrogen and oxygen atoms in total. The zero-order valence-corrected chi connectivity index (χ0v) is 10.7. The van der Waals surface area contributed by atoms with Crippen molar-refractivity contribution in [2.45, 2.75) is 38.8 Å². The van der Waals surface area contributed by atoms with Crippen molar-refractivity contribution in [3.05, 3.63) is 0 Å². The number of rotatable bonds is 9. The van der Waals surface area contributed by atoms with Gasteiger partial charge < -0.3 is 20.5 Å². The first-order valence-corrected chi connectivity index (χ1v) is 5.71. The number of amides is 1. The van der Waals surface area contributed by atoms with Gasteiger partial charge in [-0.15, -0.1) is 0 Å². The lowest BCUT2D eigenvalue weighted by molar-refractivity contribution is -0.137. The van der Waals surface area contributed by atoms with E-state index in [1.165, 1.54) is 0 Å². The van der Waals surface area contributed by atoms with Crippen LogP contribution in [0.5, 0.6) is 0 Å². The number of nitrogens with one attached hydrogen (secondary N) is 2. The zero-order chi connectivity index (χ0) is 13.3. The van der Waals surface area contributed by atoms with Crippen LogP contribution in [0.4, 0.5) is 0 Å². The van der Waals surface area contributed by atoms with Gasteiger partial charge in [0.25, 0.3) is 0 Å². The largest absolute Gasteiger partial charge is 0.481 e. The van der Waals surface area contributed by atoms with Crippen LogP contribution in [0.2, 0.25) is 0 Å². The first kappa shape index (κ1) is 15.9. The molecule has 3 N–H and O–H groups in total. The van der Waals surface area contributed by atoms with Gasteiger partial charge in [0.1, 0.15) is 0 Å². The van der Waals surface area contributed by atoms with Crippen LogP contribution < -0.4 is 10.6 Å². The second-order valence-corrected chi connectivity index (χ2v) is 4.01. The lowest BCUT2D eigenvalue weighted by Crippen LogP contribution is -2.46. The predicted octanol–water partition coefficient (Wildman–Crippen LogP) is -0.0196. The molecule has 0 aliphatic heterocycles. The van der Waals surface area contributed by atoms with Crippen LogP contribution in [0.3, 0.4) is 0 Å². The van der Waals surface area contributed by atoms with E-state index in [9.17, 15) is 9.59 Å². The van der Waals surface area contributed by atoms with Crippen molar-refractivity contribution >= 4 is 11.9 Å². The molecule has 0 spiro atoms. The van der Waals surface area contributed by atoms with Crippen molar-refractivity contribution in [3.8, 4) is 0 Å². The van der Waals surface area contributed by atoms with Gasteiger partial charge in [-0.3, -0.25) is 9.59 Å². The molecule has 2 unspecified atom stereocenters. The van der Waals surface area contributed by atoms with Crippen LogP contribution in [-0.4, -0.2) is 49.3 Å². The molecule has 0 aromatic carbocycles. The number of carbonyl (C=O) groups excluding carboxylic acids is 1. The fourth-order valence-electron chi connectivity index (χ4n) is 1.36. The Morgan fingerprint density at radius 3 is 2.53 bits per heavy atom. The Hall–Kier alpha value is -1.14. The van der Waals surface area contributed by atoms with E-state index in [4.69, 9.17) is 9.84 Å². The quantitative estimate of drug-likeness (QED) is 0.498. The molecule has 0 saturated carbocycles. The lowest BCUT2D eigenvalue weighted by Gasteiger charge is -2.19. The van der Waals surface area contributed by atoms with E-state index in [1.807, 2.05) is 6.92 Å². The van der Waals surface area contributed by atoms with Crippen molar-refractivity contribution in [1.29, 1.82) is 0 Å². The molecular formula is C11H22N2O4. The summed E-state index contributed by atoms with van der Waals surface area (Å²) in [6.07, 6.45) is 0.608. The molecule has 0 heterocycles. The van der Waals surface area contributed by atoms with E-state index in [0.29, 0.717) is 19.6 Å². The van der Waals surface area contributed by atoms with Crippen LogP contribution in [0.25, 0.3) is 0 Å². The number of ether oxygens (including phenoxy) is 1. The Balaban J connectivity index is 3.78. The molecule has 0 rings (SSSR count). The summed E-state index contributed by atoms with van der Waals surface area (Å²) in [5.41, 5.74) is 0. The van der Waals surface area contributed by atoms with Gasteiger partial charge >= 0.3 is 5.97 Å². The minimum absolute atomic E-state index is 0.00530. The van der Waals surface area contributed by atoms with Gasteiger partial charge in [0, 0.05) is 26.1 Å². The van der Waals surface area contributed by atoms with Crippen LogP contribution in [0, 0.1) is 0 Å². The second kappa shape index (κ2) is 8.95. The van der Waals surface area contributed by atoms with Gasteiger partial charge in [-0.1, -0.05) is 0 Å². The fourth-order valence-corrected chi connectivity index (χ4v) is 1.36. The molecule has 0 fully saturated rings. The molecule has 0 aromatic rings. The highest BCUT2D eigenvalue weighted by Crippen LogP contribution is 1.98. The first-order valence-electron chi connectivity index (χ1n) is 5.71. The van der Waals surface area contributed by atoms with Crippen molar-refractivity contribution in [2.24, 2.45) is 0 Å². The van der Waals surface area contributed by atoms with Gasteiger partial charge in [-0.05, 0) is 20.3 Å². The number of aliphatic carboxylic acids is 1. The van der Waals surface area contributed by atoms with E-state index in [1.54, 1.807) is 14.0 Å². The summed E-state index contributed by atoms with van der Waals surface area (Å²) in [6, 6.07) is -0.343. The molecule has 0 saturated heterocycles. The third-order valence-corrected chi connectivity index (χ3v) is 2.32. The van der Waals surface area contributed by atoms with Crippen LogP contribution in [0.1, 0.15) is 26.7 Å². The number of carboxylic acids is 1. The van der Waals surface area contributed by atoms with E-state index in [2.05, 4.69) is 10.6 Å². The summed E-state index contributed by atoms with van der Waals surface area (Å²) < 4.78 is 4.82. The maximum atomic E-state index is 11.5. The molecule has 17 heavy (non-hydrogen) atoms. The molecule has 0 radical (unpaired) electrons. The monoisotopic (exact) mass is 246 g/mol. The van der Waals surface area contributed by atoms with Gasteiger partial charge in [0.05, 0.1) is 12.6 Å². The number of methoxy groups -OCH3 is 1. The maximum absolute atomic E-state index is 11.5. The average Bonchev–Trinajstić information content (AvgIpc) is 2.26. The predicted molar refractivity (Wildman–Crippen MR) is 63.8 cm³/mol. The maximum Gasteiger partial charge on any atom is 0.303 e. The average molecular weight is 246 g/mol. The Morgan fingerprint density at radius 1 is 1.35 bits per heavy atom. The molecule has 0 aliphatic carbocycles. The van der Waals surface area contributed by atoms with Crippen molar-refractivity contribution in [3.63, 3.8) is 0 Å². The summed E-state index contributed by atoms with van der Waals surface area (Å²) in [7, 11) is 1.57. The van der Waals surface area contributed by atoms with E-state index >= 15 is 0 Å². The van der Waals surface area contributed by atoms with Crippen LogP contribution in [-0.2, 0) is 14.3 Å². The molecule has 6 heteroatoms. The highest BCUT2D eigenvalue weighted by atomic mass is 16.5. The van der Waals surface area contributed by atoms with E-state index < -0.39 is 5.97 Å². The SMILES string of the molecule is COCCNC(=O)C(C)NC(C)CCC(=O)O. The smallest absolute Gasteiger partial charge is 0.303 e. The van der Waals surface area contributed by atoms with Crippen molar-refractivity contribution in [2.75, 3.05) is 20.3 Å². The minimum Gasteiger partial charge on any atom is -0.481 e. The topological polar surface area (TPSA) is 87.7 Å². The van der Waals surface area contributed by atoms with Crippen molar-refractivity contribution < 1.29 is 19.4 Å². The number of carbonyl (C=O) groups is 2. The first-order chi connectivity index (χ1) is 7.97. The Labute approximate surface area is 102 Å². The van der Waals surface area contributed by atoms with Gasteiger partial charge in [0.2, 0.25) is 5.91 Å². The van der Waals surface area contributed by atoms with Crippen LogP contribution >= 0.6 is 0 Å². The summed E-state index contributed by atoms with van der Waals surface area (Å²) in [6.45, 7) is 4.57. The molecule has 1 amide bonds. The third kappa shape index (κ3) is 8.65. The summed E-state index contributed by atoms with van der Waals surface area (Å²) >= 11 is 0. The zero-order valence-electron chi connectivity index (χ0n) is 10.7. The van der Waals surface area contributed by atoms with Crippen LogP contribution in [0.15, 0.2) is 0 Å². The number of carboxylic acid groups (broad SMARTS) is 1. The fraction of sp³-hybridized carbons (Fsp3) is 0.818. The highest BCUT2D eigenvalue weighted by molar-refractivity contribution is 5.81. The Bertz CT molecular complexity index is 246. The summed E-state index contributed by atoms with van der Waals surface area (Å²) in [5.74, 6) is -0.930. The number of hydrogen-bond acceptors (Lipinski definition) is 4. The van der Waals surface area contributed by atoms with Gasteiger partial charge in [-0.2, -0.15) is 0 Å². The Morgan fingerprint density at radius 2 is 2.00 bits per heavy atom. The summed E-state index contributed by atoms with van der Waals surface area (Å²) in [4.78, 5) is 21.9. The second-order valence-electron chi connectivity index (χ2n) is 4.01. The lowest BCUT2D eigenvalue weighted by atomic mass is 10.1. The molecule has 0 bridgehead atoms. The minimum atomic E-state index is -0.823. The van der Waals surface area contributed by atoms with E-state index in [0.717, 1.165) is 0 Å². The van der Waals surface area contributed by atoms with E-state index in [-0.39, 0.29) is 24.4 Å². The third-order valence-electron chi connectivity index (χ3n) is 2.32. The molecule has 100 valence electrons. The molecular weight excluding hydrogens is 224 g/mol. The highest BCUT2D eigenvalue weighted by Gasteiger charge is 2.15.